The first-order valence-corrected chi connectivity index (χ1v) is 6.03. The second-order valence-electron chi connectivity index (χ2n) is 3.63. The van der Waals surface area contributed by atoms with E-state index in [0.29, 0.717) is 5.69 Å². The molecule has 1 N–H and O–H groups in total. The lowest BCUT2D eigenvalue weighted by molar-refractivity contribution is -0.150. The lowest BCUT2D eigenvalue weighted by Crippen LogP contribution is -2.22. The molecule has 0 spiro atoms. The van der Waals surface area contributed by atoms with Gasteiger partial charge in [-0.25, -0.2) is 4.79 Å². The molecular formula is C12H14BrNO4. The van der Waals surface area contributed by atoms with Crippen molar-refractivity contribution in [1.82, 2.24) is 0 Å². The predicted octanol–water partition coefficient (Wildman–Crippen LogP) is 1.89. The molecule has 1 aromatic carbocycles. The minimum atomic E-state index is -0.573. The Kier molecular flexibility index (Phi) is 5.80. The smallest absolute Gasteiger partial charge is 0.332 e. The molecule has 0 unspecified atom stereocenters. The van der Waals surface area contributed by atoms with E-state index in [1.165, 1.54) is 7.11 Å². The highest BCUT2D eigenvalue weighted by atomic mass is 79.9. The van der Waals surface area contributed by atoms with Crippen molar-refractivity contribution >= 4 is 33.5 Å². The molecule has 1 rings (SSSR count). The zero-order valence-corrected chi connectivity index (χ0v) is 11.7. The first kappa shape index (κ1) is 14.7. The van der Waals surface area contributed by atoms with Crippen LogP contribution in [0.15, 0.2) is 22.7 Å². The van der Waals surface area contributed by atoms with Gasteiger partial charge in [0, 0.05) is 11.6 Å². The van der Waals surface area contributed by atoms with Crippen molar-refractivity contribution in [3.8, 4) is 0 Å². The Morgan fingerprint density at radius 1 is 1.33 bits per heavy atom. The highest BCUT2D eigenvalue weighted by molar-refractivity contribution is 9.10. The van der Waals surface area contributed by atoms with Crippen LogP contribution in [0.2, 0.25) is 0 Å². The SMILES string of the molecule is COCC(=O)OCC(=O)Nc1ccc(C)cc1Br. The zero-order chi connectivity index (χ0) is 13.5. The predicted molar refractivity (Wildman–Crippen MR) is 70.3 cm³/mol. The van der Waals surface area contributed by atoms with Gasteiger partial charge in [0.05, 0.1) is 5.69 Å². The average molecular weight is 316 g/mol. The molecule has 0 atom stereocenters. The second kappa shape index (κ2) is 7.13. The quantitative estimate of drug-likeness (QED) is 0.843. The van der Waals surface area contributed by atoms with Crippen molar-refractivity contribution in [2.45, 2.75) is 6.92 Å². The van der Waals surface area contributed by atoms with Gasteiger partial charge < -0.3 is 14.8 Å². The fraction of sp³-hybridized carbons (Fsp3) is 0.333. The molecule has 1 aromatic rings. The van der Waals surface area contributed by atoms with Gasteiger partial charge in [-0.1, -0.05) is 6.07 Å². The Hall–Kier alpha value is -1.40. The first-order valence-electron chi connectivity index (χ1n) is 5.23. The van der Waals surface area contributed by atoms with Crippen molar-refractivity contribution in [3.63, 3.8) is 0 Å². The standard InChI is InChI=1S/C12H14BrNO4/c1-8-3-4-10(9(13)5-8)14-11(15)6-18-12(16)7-17-2/h3-5H,6-7H2,1-2H3,(H,14,15). The average Bonchev–Trinajstić information content (AvgIpc) is 2.31. The van der Waals surface area contributed by atoms with Gasteiger partial charge in [-0.2, -0.15) is 0 Å². The number of methoxy groups -OCH3 is 1. The molecule has 5 nitrogen and oxygen atoms in total. The summed E-state index contributed by atoms with van der Waals surface area (Å²) in [7, 11) is 1.38. The highest BCUT2D eigenvalue weighted by Gasteiger charge is 2.09. The van der Waals surface area contributed by atoms with Crippen LogP contribution >= 0.6 is 15.9 Å². The van der Waals surface area contributed by atoms with Gasteiger partial charge in [0.15, 0.2) is 6.61 Å². The highest BCUT2D eigenvalue weighted by Crippen LogP contribution is 2.23. The summed E-state index contributed by atoms with van der Waals surface area (Å²) in [6.45, 7) is 1.45. The Morgan fingerprint density at radius 3 is 2.67 bits per heavy atom. The molecule has 0 bridgehead atoms. The monoisotopic (exact) mass is 315 g/mol. The Labute approximate surface area is 114 Å². The van der Waals surface area contributed by atoms with Crippen molar-refractivity contribution in [1.29, 1.82) is 0 Å². The molecule has 0 aliphatic rings. The van der Waals surface area contributed by atoms with Crippen LogP contribution in [0.4, 0.5) is 5.69 Å². The number of esters is 1. The number of hydrogen-bond acceptors (Lipinski definition) is 4. The summed E-state index contributed by atoms with van der Waals surface area (Å²) in [4.78, 5) is 22.5. The summed E-state index contributed by atoms with van der Waals surface area (Å²) in [6.07, 6.45) is 0. The second-order valence-corrected chi connectivity index (χ2v) is 4.48. The summed E-state index contributed by atoms with van der Waals surface area (Å²) < 4.78 is 10.0. The van der Waals surface area contributed by atoms with Crippen molar-refractivity contribution in [2.24, 2.45) is 0 Å². The van der Waals surface area contributed by atoms with E-state index in [0.717, 1.165) is 10.0 Å². The first-order chi connectivity index (χ1) is 8.52. The third-order valence-electron chi connectivity index (χ3n) is 2.03. The van der Waals surface area contributed by atoms with E-state index in [9.17, 15) is 9.59 Å². The fourth-order valence-electron chi connectivity index (χ4n) is 1.21. The van der Waals surface area contributed by atoms with E-state index >= 15 is 0 Å². The van der Waals surface area contributed by atoms with Gasteiger partial charge in [0.1, 0.15) is 6.61 Å². The molecule has 0 radical (unpaired) electrons. The van der Waals surface area contributed by atoms with E-state index < -0.39 is 11.9 Å². The maximum atomic E-state index is 11.5. The van der Waals surface area contributed by atoms with Crippen LogP contribution in [0.25, 0.3) is 0 Å². The Balaban J connectivity index is 2.47. The lowest BCUT2D eigenvalue weighted by atomic mass is 10.2. The number of hydrogen-bond donors (Lipinski definition) is 1. The van der Waals surface area contributed by atoms with Gasteiger partial charge in [0.25, 0.3) is 5.91 Å². The van der Waals surface area contributed by atoms with Crippen LogP contribution in [0.1, 0.15) is 5.56 Å². The maximum absolute atomic E-state index is 11.5. The number of nitrogens with one attached hydrogen (secondary N) is 1. The number of halogens is 1. The largest absolute Gasteiger partial charge is 0.454 e. The lowest BCUT2D eigenvalue weighted by Gasteiger charge is -2.08. The van der Waals surface area contributed by atoms with E-state index in [1.807, 2.05) is 19.1 Å². The molecule has 0 aromatic heterocycles. The molecular weight excluding hydrogens is 302 g/mol. The van der Waals surface area contributed by atoms with Crippen LogP contribution < -0.4 is 5.32 Å². The number of ether oxygens (including phenoxy) is 2. The van der Waals surface area contributed by atoms with Crippen molar-refractivity contribution < 1.29 is 19.1 Å². The number of benzene rings is 1. The summed E-state index contributed by atoms with van der Waals surface area (Å²) in [5.74, 6) is -0.973. The number of amides is 1. The molecule has 0 fully saturated rings. The van der Waals surface area contributed by atoms with E-state index in [1.54, 1.807) is 6.07 Å². The molecule has 1 amide bonds. The topological polar surface area (TPSA) is 64.6 Å². The number of rotatable bonds is 5. The van der Waals surface area contributed by atoms with Gasteiger partial charge in [-0.15, -0.1) is 0 Å². The van der Waals surface area contributed by atoms with Crippen LogP contribution in [0.5, 0.6) is 0 Å². The zero-order valence-electron chi connectivity index (χ0n) is 10.2. The summed E-state index contributed by atoms with van der Waals surface area (Å²) >= 11 is 3.34. The number of carbonyl (C=O) groups excluding carboxylic acids is 2. The minimum absolute atomic E-state index is 0.165. The van der Waals surface area contributed by atoms with Gasteiger partial charge in [-0.05, 0) is 40.5 Å². The van der Waals surface area contributed by atoms with Gasteiger partial charge in [-0.3, -0.25) is 4.79 Å². The van der Waals surface area contributed by atoms with Crippen LogP contribution in [0, 0.1) is 6.92 Å². The van der Waals surface area contributed by atoms with E-state index in [4.69, 9.17) is 0 Å². The molecule has 98 valence electrons. The van der Waals surface area contributed by atoms with Crippen LogP contribution in [-0.2, 0) is 19.1 Å². The Morgan fingerprint density at radius 2 is 2.06 bits per heavy atom. The molecule has 0 aliphatic heterocycles. The third-order valence-corrected chi connectivity index (χ3v) is 2.68. The van der Waals surface area contributed by atoms with Crippen molar-refractivity contribution in [2.75, 3.05) is 25.6 Å². The van der Waals surface area contributed by atoms with E-state index in [-0.39, 0.29) is 13.2 Å². The van der Waals surface area contributed by atoms with Crippen LogP contribution in [0.3, 0.4) is 0 Å². The van der Waals surface area contributed by atoms with Crippen molar-refractivity contribution in [3.05, 3.63) is 28.2 Å². The van der Waals surface area contributed by atoms with E-state index in [2.05, 4.69) is 30.7 Å². The molecule has 0 saturated heterocycles. The molecule has 0 saturated carbocycles. The maximum Gasteiger partial charge on any atom is 0.332 e. The summed E-state index contributed by atoms with van der Waals surface area (Å²) in [6, 6.07) is 5.53. The number of aryl methyl sites for hydroxylation is 1. The van der Waals surface area contributed by atoms with Crippen LogP contribution in [-0.4, -0.2) is 32.2 Å². The third kappa shape index (κ3) is 4.85. The number of anilines is 1. The molecule has 0 heterocycles. The summed E-state index contributed by atoms with van der Waals surface area (Å²) in [5.41, 5.74) is 1.71. The van der Waals surface area contributed by atoms with Gasteiger partial charge in [0.2, 0.25) is 0 Å². The molecule has 6 heteroatoms. The Bertz CT molecular complexity index is 448. The summed E-state index contributed by atoms with van der Waals surface area (Å²) in [5, 5.41) is 2.63. The number of carbonyl (C=O) groups is 2. The molecule has 18 heavy (non-hydrogen) atoms. The normalized spacial score (nSPS) is 9.94. The fourth-order valence-corrected chi connectivity index (χ4v) is 1.81. The molecule has 0 aliphatic carbocycles. The van der Waals surface area contributed by atoms with Gasteiger partial charge >= 0.3 is 5.97 Å². The minimum Gasteiger partial charge on any atom is -0.454 e.